The van der Waals surface area contributed by atoms with E-state index in [4.69, 9.17) is 25.2 Å². The Bertz CT molecular complexity index is 372. The number of hydrogen-bond donors (Lipinski definition) is 5. The Labute approximate surface area is 96.2 Å². The molecule has 1 aromatic rings. The molecule has 0 saturated heterocycles. The second-order valence-corrected chi connectivity index (χ2v) is 2.97. The zero-order valence-electron chi connectivity index (χ0n) is 8.65. The molecule has 0 fully saturated rings. The Morgan fingerprint density at radius 2 is 1.47 bits per heavy atom. The fourth-order valence-electron chi connectivity index (χ4n) is 0.996. The first-order valence-electron chi connectivity index (χ1n) is 4.38. The molecule has 7 nitrogen and oxygen atoms in total. The number of benzene rings is 1. The molecule has 0 saturated carbocycles. The number of aliphatic carboxylic acids is 1. The van der Waals surface area contributed by atoms with Gasteiger partial charge in [-0.05, 0) is 5.56 Å². The van der Waals surface area contributed by atoms with Gasteiger partial charge in [-0.2, -0.15) is 0 Å². The van der Waals surface area contributed by atoms with E-state index in [1.165, 1.54) is 12.1 Å². The standard InChI is InChI=1S/C9H10O4.CH2O3/c10-6-9(13,8(11)12)7-4-2-1-3-5-7;2-1(3)4/h1-5,10,13H,6H2,(H,11,12);(H2,2,3,4). The van der Waals surface area contributed by atoms with Crippen molar-refractivity contribution >= 4 is 12.1 Å². The van der Waals surface area contributed by atoms with Gasteiger partial charge in [-0.3, -0.25) is 0 Å². The van der Waals surface area contributed by atoms with Crippen LogP contribution in [0.2, 0.25) is 0 Å². The van der Waals surface area contributed by atoms with E-state index in [0.717, 1.165) is 0 Å². The number of carboxylic acid groups (broad SMARTS) is 3. The van der Waals surface area contributed by atoms with Gasteiger partial charge in [0.15, 0.2) is 0 Å². The fourth-order valence-corrected chi connectivity index (χ4v) is 0.996. The number of aliphatic hydroxyl groups is 2. The third-order valence-corrected chi connectivity index (χ3v) is 1.83. The molecule has 0 heterocycles. The highest BCUT2D eigenvalue weighted by Gasteiger charge is 2.37. The van der Waals surface area contributed by atoms with E-state index in [9.17, 15) is 9.90 Å². The van der Waals surface area contributed by atoms with Gasteiger partial charge in [0.05, 0.1) is 6.61 Å². The zero-order valence-corrected chi connectivity index (χ0v) is 8.65. The van der Waals surface area contributed by atoms with Crippen molar-refractivity contribution < 1.29 is 35.1 Å². The van der Waals surface area contributed by atoms with E-state index >= 15 is 0 Å². The smallest absolute Gasteiger partial charge is 0.479 e. The molecule has 5 N–H and O–H groups in total. The summed E-state index contributed by atoms with van der Waals surface area (Å²) in [5, 5.41) is 40.9. The molecule has 0 spiro atoms. The van der Waals surface area contributed by atoms with Crippen LogP contribution in [0, 0.1) is 0 Å². The maximum atomic E-state index is 10.6. The molecule has 1 rings (SSSR count). The van der Waals surface area contributed by atoms with Crippen molar-refractivity contribution in [3.8, 4) is 0 Å². The molecule has 0 radical (unpaired) electrons. The van der Waals surface area contributed by atoms with Crippen molar-refractivity contribution in [2.75, 3.05) is 6.61 Å². The molecule has 0 aliphatic carbocycles. The van der Waals surface area contributed by atoms with E-state index in [-0.39, 0.29) is 5.56 Å². The molecule has 0 aliphatic heterocycles. The van der Waals surface area contributed by atoms with Crippen LogP contribution < -0.4 is 0 Å². The van der Waals surface area contributed by atoms with Gasteiger partial charge in [0.1, 0.15) is 0 Å². The van der Waals surface area contributed by atoms with Crippen LogP contribution in [0.4, 0.5) is 4.79 Å². The number of carboxylic acids is 1. The summed E-state index contributed by atoms with van der Waals surface area (Å²) in [5.41, 5.74) is -2.02. The lowest BCUT2D eigenvalue weighted by Gasteiger charge is -2.20. The van der Waals surface area contributed by atoms with Crippen molar-refractivity contribution in [3.63, 3.8) is 0 Å². The van der Waals surface area contributed by atoms with Crippen molar-refractivity contribution in [1.82, 2.24) is 0 Å². The second kappa shape index (κ2) is 6.46. The second-order valence-electron chi connectivity index (χ2n) is 2.97. The predicted octanol–water partition coefficient (Wildman–Crippen LogP) is 0.174. The number of hydrogen-bond acceptors (Lipinski definition) is 4. The van der Waals surface area contributed by atoms with Gasteiger partial charge in [0.2, 0.25) is 5.60 Å². The summed E-state index contributed by atoms with van der Waals surface area (Å²) in [7, 11) is 0. The number of aliphatic hydroxyl groups excluding tert-OH is 1. The summed E-state index contributed by atoms with van der Waals surface area (Å²) in [5.74, 6) is -1.46. The molecule has 1 aromatic carbocycles. The van der Waals surface area contributed by atoms with Gasteiger partial charge in [0, 0.05) is 0 Å². The molecule has 17 heavy (non-hydrogen) atoms. The summed E-state index contributed by atoms with van der Waals surface area (Å²) in [6, 6.07) is 7.79. The highest BCUT2D eigenvalue weighted by Crippen LogP contribution is 2.20. The number of carbonyl (C=O) groups is 2. The summed E-state index contributed by atoms with van der Waals surface area (Å²) in [6.45, 7) is -0.841. The van der Waals surface area contributed by atoms with Crippen LogP contribution in [0.15, 0.2) is 30.3 Å². The SMILES string of the molecule is O=C(O)C(O)(CO)c1ccccc1.O=C(O)O. The molecule has 0 aliphatic rings. The van der Waals surface area contributed by atoms with Crippen molar-refractivity contribution in [3.05, 3.63) is 35.9 Å². The molecule has 94 valence electrons. The zero-order chi connectivity index (χ0) is 13.5. The van der Waals surface area contributed by atoms with E-state index in [1.807, 2.05) is 0 Å². The summed E-state index contributed by atoms with van der Waals surface area (Å²) in [4.78, 5) is 19.2. The largest absolute Gasteiger partial charge is 0.503 e. The quantitative estimate of drug-likeness (QED) is 0.511. The van der Waals surface area contributed by atoms with Gasteiger partial charge in [-0.15, -0.1) is 0 Å². The van der Waals surface area contributed by atoms with E-state index in [1.54, 1.807) is 18.2 Å². The maximum absolute atomic E-state index is 10.6. The van der Waals surface area contributed by atoms with Gasteiger partial charge in [-0.25, -0.2) is 9.59 Å². The molecule has 0 bridgehead atoms. The van der Waals surface area contributed by atoms with Crippen LogP contribution in [-0.2, 0) is 10.4 Å². The summed E-state index contributed by atoms with van der Waals surface area (Å²) >= 11 is 0. The minimum absolute atomic E-state index is 0.171. The summed E-state index contributed by atoms with van der Waals surface area (Å²) in [6.07, 6.45) is -1.83. The predicted molar refractivity (Wildman–Crippen MR) is 55.7 cm³/mol. The lowest BCUT2D eigenvalue weighted by atomic mass is 9.95. The highest BCUT2D eigenvalue weighted by molar-refractivity contribution is 5.79. The van der Waals surface area contributed by atoms with Crippen LogP contribution in [-0.4, -0.2) is 44.3 Å². The lowest BCUT2D eigenvalue weighted by Crippen LogP contribution is -2.39. The Hall–Kier alpha value is -2.12. The normalized spacial score (nSPS) is 12.8. The Morgan fingerprint density at radius 1 is 1.06 bits per heavy atom. The maximum Gasteiger partial charge on any atom is 0.503 e. The fraction of sp³-hybridized carbons (Fsp3) is 0.200. The first-order valence-corrected chi connectivity index (χ1v) is 4.38. The van der Waals surface area contributed by atoms with Gasteiger partial charge in [0.25, 0.3) is 0 Å². The molecule has 0 aromatic heterocycles. The lowest BCUT2D eigenvalue weighted by molar-refractivity contribution is -0.164. The van der Waals surface area contributed by atoms with Crippen molar-refractivity contribution in [2.45, 2.75) is 5.60 Å². The van der Waals surface area contributed by atoms with Gasteiger partial charge < -0.3 is 25.5 Å². The third-order valence-electron chi connectivity index (χ3n) is 1.83. The van der Waals surface area contributed by atoms with Crippen molar-refractivity contribution in [2.24, 2.45) is 0 Å². The van der Waals surface area contributed by atoms with Crippen LogP contribution in [0.1, 0.15) is 5.56 Å². The van der Waals surface area contributed by atoms with Crippen LogP contribution in [0.3, 0.4) is 0 Å². The number of rotatable bonds is 3. The van der Waals surface area contributed by atoms with Gasteiger partial charge >= 0.3 is 12.1 Å². The topological polar surface area (TPSA) is 135 Å². The molecule has 1 unspecified atom stereocenters. The first kappa shape index (κ1) is 14.9. The average molecular weight is 244 g/mol. The van der Waals surface area contributed by atoms with Gasteiger partial charge in [-0.1, -0.05) is 30.3 Å². The van der Waals surface area contributed by atoms with E-state index in [2.05, 4.69) is 0 Å². The van der Waals surface area contributed by atoms with Crippen molar-refractivity contribution in [1.29, 1.82) is 0 Å². The molecular formula is C10H12O7. The van der Waals surface area contributed by atoms with Crippen LogP contribution in [0.5, 0.6) is 0 Å². The highest BCUT2D eigenvalue weighted by atomic mass is 16.6. The molecule has 1 atom stereocenters. The Kier molecular flexibility index (Phi) is 5.65. The third kappa shape index (κ3) is 4.49. The molecule has 0 amide bonds. The van der Waals surface area contributed by atoms with E-state index < -0.39 is 24.3 Å². The Balaban J connectivity index is 0.000000557. The monoisotopic (exact) mass is 244 g/mol. The summed E-state index contributed by atoms with van der Waals surface area (Å²) < 4.78 is 0. The molecular weight excluding hydrogens is 232 g/mol. The van der Waals surface area contributed by atoms with Crippen LogP contribution >= 0.6 is 0 Å². The molecule has 7 heteroatoms. The minimum Gasteiger partial charge on any atom is -0.479 e. The minimum atomic E-state index is -2.19. The first-order chi connectivity index (χ1) is 7.84. The average Bonchev–Trinajstić information content (AvgIpc) is 2.28. The van der Waals surface area contributed by atoms with E-state index in [0.29, 0.717) is 0 Å². The Morgan fingerprint density at radius 3 is 1.76 bits per heavy atom. The van der Waals surface area contributed by atoms with Crippen LogP contribution in [0.25, 0.3) is 0 Å².